The highest BCUT2D eigenvalue weighted by Gasteiger charge is 2.23. The van der Waals surface area contributed by atoms with Crippen LogP contribution in [0, 0.1) is 11.3 Å². The summed E-state index contributed by atoms with van der Waals surface area (Å²) in [5.74, 6) is 1.61. The lowest BCUT2D eigenvalue weighted by Crippen LogP contribution is -2.45. The lowest BCUT2D eigenvalue weighted by atomic mass is 10.2. The molecule has 0 bridgehead atoms. The number of alkyl halides is 1. The van der Waals surface area contributed by atoms with E-state index < -0.39 is 5.62 Å². The molecule has 0 spiro atoms. The fraction of sp³-hybridized carbons (Fsp3) is 0.778. The lowest BCUT2D eigenvalue weighted by Gasteiger charge is -2.30. The third-order valence-electron chi connectivity index (χ3n) is 2.29. The Morgan fingerprint density at radius 2 is 2.27 bits per heavy atom. The van der Waals surface area contributed by atoms with E-state index >= 15 is 0 Å². The van der Waals surface area contributed by atoms with Crippen LogP contribution in [0.25, 0.3) is 0 Å². The van der Waals surface area contributed by atoms with E-state index in [1.807, 2.05) is 0 Å². The maximum Gasteiger partial charge on any atom is 0.200 e. The maximum absolute atomic E-state index is 7.70. The van der Waals surface area contributed by atoms with Gasteiger partial charge in [0.1, 0.15) is 11.7 Å². The van der Waals surface area contributed by atoms with Crippen molar-refractivity contribution in [1.82, 2.24) is 10.2 Å². The predicted octanol–water partition coefficient (Wildman–Crippen LogP) is 1.72. The quantitative estimate of drug-likeness (QED) is 0.302. The number of hydrogen-bond donors (Lipinski definition) is 3. The zero-order valence-electron chi connectivity index (χ0n) is 9.16. The Balaban J connectivity index is 2.64. The zero-order chi connectivity index (χ0) is 11.6. The van der Waals surface area contributed by atoms with Gasteiger partial charge in [0, 0.05) is 7.05 Å². The summed E-state index contributed by atoms with van der Waals surface area (Å²) in [6, 6.07) is 0. The summed E-state index contributed by atoms with van der Waals surface area (Å²) in [4.78, 5) is 5.88. The van der Waals surface area contributed by atoms with Crippen LogP contribution in [-0.4, -0.2) is 34.6 Å². The number of aliphatic imine (C=N–C) groups is 1. The van der Waals surface area contributed by atoms with Gasteiger partial charge in [-0.1, -0.05) is 25.4 Å². The molecule has 1 aliphatic rings. The van der Waals surface area contributed by atoms with Crippen molar-refractivity contribution in [3.63, 3.8) is 0 Å². The van der Waals surface area contributed by atoms with Crippen LogP contribution < -0.4 is 5.32 Å². The molecule has 4 nitrogen and oxygen atoms in total. The van der Waals surface area contributed by atoms with Crippen molar-refractivity contribution >= 4 is 35.9 Å². The van der Waals surface area contributed by atoms with Gasteiger partial charge >= 0.3 is 0 Å². The highest BCUT2D eigenvalue weighted by molar-refractivity contribution is 7.80. The first kappa shape index (κ1) is 12.6. The number of thiol groups is 1. The average Bonchev–Trinajstić information content (AvgIpc) is 2.13. The van der Waals surface area contributed by atoms with Crippen molar-refractivity contribution in [2.24, 2.45) is 10.9 Å². The molecule has 6 heteroatoms. The Labute approximate surface area is 101 Å². The standard InChI is InChI=1S/C9H17ClN4S/c1-5(2)8(15)12-7-4-6(11)14(3)9(10)13-7/h5,8-9,11,15H,4H2,1-3H3,(H,12,13). The van der Waals surface area contributed by atoms with E-state index in [2.05, 4.69) is 36.8 Å². The van der Waals surface area contributed by atoms with Gasteiger partial charge in [0.05, 0.1) is 11.8 Å². The number of rotatable bonds is 2. The van der Waals surface area contributed by atoms with E-state index in [0.717, 1.165) is 5.84 Å². The first-order chi connectivity index (χ1) is 6.91. The Hall–Kier alpha value is -0.420. The van der Waals surface area contributed by atoms with Crippen LogP contribution in [0.2, 0.25) is 0 Å². The molecule has 0 aromatic carbocycles. The van der Waals surface area contributed by atoms with Crippen molar-refractivity contribution in [3.8, 4) is 0 Å². The monoisotopic (exact) mass is 248 g/mol. The molecule has 1 rings (SSSR count). The third-order valence-corrected chi connectivity index (χ3v) is 3.40. The van der Waals surface area contributed by atoms with Gasteiger partial charge in [-0.2, -0.15) is 12.6 Å². The van der Waals surface area contributed by atoms with Crippen LogP contribution in [0.3, 0.4) is 0 Å². The summed E-state index contributed by atoms with van der Waals surface area (Å²) in [7, 11) is 1.76. The van der Waals surface area contributed by atoms with Gasteiger partial charge in [-0.25, -0.2) is 4.99 Å². The smallest absolute Gasteiger partial charge is 0.200 e. The van der Waals surface area contributed by atoms with Crippen molar-refractivity contribution in [2.75, 3.05) is 7.05 Å². The van der Waals surface area contributed by atoms with E-state index in [0.29, 0.717) is 18.2 Å². The van der Waals surface area contributed by atoms with Gasteiger partial charge in [0.25, 0.3) is 0 Å². The largest absolute Gasteiger partial charge is 0.362 e. The topological polar surface area (TPSA) is 51.5 Å². The molecule has 0 radical (unpaired) electrons. The van der Waals surface area contributed by atoms with Crippen LogP contribution in [0.4, 0.5) is 0 Å². The van der Waals surface area contributed by atoms with Gasteiger partial charge < -0.3 is 10.2 Å². The molecule has 86 valence electrons. The fourth-order valence-corrected chi connectivity index (χ4v) is 1.48. The lowest BCUT2D eigenvalue weighted by molar-refractivity contribution is 0.453. The number of hydrogen-bond acceptors (Lipinski definition) is 4. The Morgan fingerprint density at radius 3 is 2.73 bits per heavy atom. The summed E-state index contributed by atoms with van der Waals surface area (Å²) in [6.07, 6.45) is 0.490. The number of amidine groups is 2. The molecule has 1 heterocycles. The van der Waals surface area contributed by atoms with Crippen LogP contribution >= 0.6 is 24.2 Å². The van der Waals surface area contributed by atoms with E-state index in [-0.39, 0.29) is 5.37 Å². The fourth-order valence-electron chi connectivity index (χ4n) is 1.10. The first-order valence-corrected chi connectivity index (χ1v) is 5.82. The Kier molecular flexibility index (Phi) is 4.28. The van der Waals surface area contributed by atoms with Crippen molar-refractivity contribution in [2.45, 2.75) is 31.3 Å². The molecule has 0 fully saturated rings. The van der Waals surface area contributed by atoms with Gasteiger partial charge in [-0.3, -0.25) is 5.41 Å². The van der Waals surface area contributed by atoms with Gasteiger partial charge in [0.2, 0.25) is 0 Å². The summed E-state index contributed by atoms with van der Waals surface area (Å²) in [6.45, 7) is 4.15. The second kappa shape index (κ2) is 5.07. The van der Waals surface area contributed by atoms with E-state index in [1.165, 1.54) is 0 Å². The molecule has 0 aromatic rings. The van der Waals surface area contributed by atoms with Gasteiger partial charge in [0.15, 0.2) is 5.62 Å². The van der Waals surface area contributed by atoms with Crippen LogP contribution in [0.15, 0.2) is 4.99 Å². The molecule has 1 aliphatic heterocycles. The summed E-state index contributed by atoms with van der Waals surface area (Å²) in [5.41, 5.74) is -0.485. The van der Waals surface area contributed by atoms with Crippen molar-refractivity contribution < 1.29 is 0 Å². The molecule has 2 unspecified atom stereocenters. The number of nitrogens with zero attached hydrogens (tertiary/aromatic N) is 2. The van der Waals surface area contributed by atoms with E-state index in [1.54, 1.807) is 11.9 Å². The summed E-state index contributed by atoms with van der Waals surface area (Å²) in [5, 5.41) is 10.9. The van der Waals surface area contributed by atoms with Crippen LogP contribution in [-0.2, 0) is 0 Å². The molecule has 15 heavy (non-hydrogen) atoms. The van der Waals surface area contributed by atoms with Crippen LogP contribution in [0.1, 0.15) is 20.3 Å². The molecule has 2 atom stereocenters. The average molecular weight is 249 g/mol. The minimum absolute atomic E-state index is 0.0452. The molecule has 0 saturated heterocycles. The maximum atomic E-state index is 7.70. The van der Waals surface area contributed by atoms with Gasteiger partial charge in [-0.15, -0.1) is 0 Å². The molecule has 0 aromatic heterocycles. The highest BCUT2D eigenvalue weighted by atomic mass is 35.5. The van der Waals surface area contributed by atoms with Crippen molar-refractivity contribution in [3.05, 3.63) is 0 Å². The molecule has 0 amide bonds. The molecule has 0 aliphatic carbocycles. The first-order valence-electron chi connectivity index (χ1n) is 4.87. The Morgan fingerprint density at radius 1 is 1.67 bits per heavy atom. The summed E-state index contributed by atoms with van der Waals surface area (Å²) >= 11 is 10.4. The number of halogens is 1. The van der Waals surface area contributed by atoms with Crippen LogP contribution in [0.5, 0.6) is 0 Å². The zero-order valence-corrected chi connectivity index (χ0v) is 10.8. The number of nitrogens with one attached hydrogen (secondary N) is 2. The molecular weight excluding hydrogens is 232 g/mol. The summed E-state index contributed by atoms with van der Waals surface area (Å²) < 4.78 is 0. The SMILES string of the molecule is CC(C)C(S)NC1=NC(Cl)N(C)C(=N)C1. The molecule has 2 N–H and O–H groups in total. The predicted molar refractivity (Wildman–Crippen MR) is 67.9 cm³/mol. The third kappa shape index (κ3) is 3.28. The normalized spacial score (nSPS) is 24.1. The van der Waals surface area contributed by atoms with E-state index in [9.17, 15) is 0 Å². The second-order valence-corrected chi connectivity index (χ2v) is 4.90. The molecule has 0 saturated carbocycles. The second-order valence-electron chi connectivity index (χ2n) is 3.95. The highest BCUT2D eigenvalue weighted by Crippen LogP contribution is 2.14. The minimum atomic E-state index is -0.485. The van der Waals surface area contributed by atoms with Gasteiger partial charge in [-0.05, 0) is 5.92 Å². The van der Waals surface area contributed by atoms with E-state index in [4.69, 9.17) is 17.0 Å². The van der Waals surface area contributed by atoms with Crippen molar-refractivity contribution in [1.29, 1.82) is 5.41 Å². The Bertz CT molecular complexity index is 279. The minimum Gasteiger partial charge on any atom is -0.362 e. The molecular formula is C9H17ClN4S.